The number of aliphatic hydroxyl groups is 1. The van der Waals surface area contributed by atoms with Crippen molar-refractivity contribution in [3.63, 3.8) is 0 Å². The van der Waals surface area contributed by atoms with Crippen molar-refractivity contribution in [2.24, 2.45) is 0 Å². The third-order valence-electron chi connectivity index (χ3n) is 1.38. The zero-order valence-corrected chi connectivity index (χ0v) is 9.13. The van der Waals surface area contributed by atoms with E-state index in [0.717, 1.165) is 15.1 Å². The highest BCUT2D eigenvalue weighted by atomic mass is 79.9. The van der Waals surface area contributed by atoms with Crippen molar-refractivity contribution in [2.75, 3.05) is 0 Å². The average molecular weight is 256 g/mol. The SMILES string of the molecule is CCC(O)c1cc(Cl)c(Br)s1. The second-order valence-electron chi connectivity index (χ2n) is 2.19. The highest BCUT2D eigenvalue weighted by Gasteiger charge is 2.10. The van der Waals surface area contributed by atoms with Gasteiger partial charge in [-0.05, 0) is 28.4 Å². The van der Waals surface area contributed by atoms with Crippen LogP contribution in [0.5, 0.6) is 0 Å². The highest BCUT2D eigenvalue weighted by molar-refractivity contribution is 9.11. The summed E-state index contributed by atoms with van der Waals surface area (Å²) < 4.78 is 0.890. The molecule has 11 heavy (non-hydrogen) atoms. The molecule has 0 amide bonds. The Morgan fingerprint density at radius 1 is 1.82 bits per heavy atom. The lowest BCUT2D eigenvalue weighted by atomic mass is 10.2. The molecule has 0 saturated carbocycles. The third-order valence-corrected chi connectivity index (χ3v) is 3.96. The van der Waals surface area contributed by atoms with Crippen LogP contribution in [-0.2, 0) is 0 Å². The van der Waals surface area contributed by atoms with E-state index in [1.54, 1.807) is 6.07 Å². The molecule has 0 radical (unpaired) electrons. The van der Waals surface area contributed by atoms with Gasteiger partial charge in [0.15, 0.2) is 0 Å². The first-order chi connectivity index (χ1) is 5.15. The standard InChI is InChI=1S/C7H8BrClOS/c1-2-5(10)6-3-4(9)7(8)11-6/h3,5,10H,2H2,1H3. The van der Waals surface area contributed by atoms with Gasteiger partial charge in [-0.2, -0.15) is 0 Å². The predicted octanol–water partition coefficient (Wildman–Crippen LogP) is 3.61. The molecule has 0 saturated heterocycles. The van der Waals surface area contributed by atoms with E-state index in [1.165, 1.54) is 11.3 Å². The van der Waals surface area contributed by atoms with E-state index in [-0.39, 0.29) is 6.10 Å². The van der Waals surface area contributed by atoms with Crippen molar-refractivity contribution in [1.82, 2.24) is 0 Å². The zero-order chi connectivity index (χ0) is 8.43. The van der Waals surface area contributed by atoms with Crippen LogP contribution in [0.1, 0.15) is 24.3 Å². The molecule has 1 nitrogen and oxygen atoms in total. The molecule has 1 unspecified atom stereocenters. The van der Waals surface area contributed by atoms with Crippen LogP contribution in [0.25, 0.3) is 0 Å². The van der Waals surface area contributed by atoms with Crippen LogP contribution in [0.2, 0.25) is 5.02 Å². The van der Waals surface area contributed by atoms with Crippen LogP contribution in [0, 0.1) is 0 Å². The van der Waals surface area contributed by atoms with E-state index < -0.39 is 0 Å². The van der Waals surface area contributed by atoms with Crippen LogP contribution in [-0.4, -0.2) is 5.11 Å². The van der Waals surface area contributed by atoms with Gasteiger partial charge in [0.2, 0.25) is 0 Å². The summed E-state index contributed by atoms with van der Waals surface area (Å²) in [5.41, 5.74) is 0. The number of thiophene rings is 1. The number of hydrogen-bond donors (Lipinski definition) is 1. The fourth-order valence-electron chi connectivity index (χ4n) is 0.729. The predicted molar refractivity (Wildman–Crippen MR) is 52.3 cm³/mol. The summed E-state index contributed by atoms with van der Waals surface area (Å²) in [5, 5.41) is 10.1. The first kappa shape index (κ1) is 9.52. The minimum absolute atomic E-state index is 0.371. The Morgan fingerprint density at radius 3 is 2.82 bits per heavy atom. The van der Waals surface area contributed by atoms with Gasteiger partial charge < -0.3 is 5.11 Å². The summed E-state index contributed by atoms with van der Waals surface area (Å²) in [4.78, 5) is 0.921. The molecule has 0 aliphatic rings. The van der Waals surface area contributed by atoms with Crippen molar-refractivity contribution in [3.05, 3.63) is 19.8 Å². The van der Waals surface area contributed by atoms with Gasteiger partial charge in [-0.15, -0.1) is 11.3 Å². The van der Waals surface area contributed by atoms with Gasteiger partial charge in [0.1, 0.15) is 0 Å². The molecule has 0 aromatic carbocycles. The molecule has 0 bridgehead atoms. The van der Waals surface area contributed by atoms with E-state index in [2.05, 4.69) is 15.9 Å². The van der Waals surface area contributed by atoms with Gasteiger partial charge in [-0.1, -0.05) is 18.5 Å². The Labute approximate surface area is 83.1 Å². The maximum atomic E-state index is 9.40. The van der Waals surface area contributed by atoms with E-state index in [0.29, 0.717) is 5.02 Å². The fourth-order valence-corrected chi connectivity index (χ4v) is 2.54. The summed E-state index contributed by atoms with van der Waals surface area (Å²) in [6.07, 6.45) is 0.354. The molecule has 1 aromatic rings. The van der Waals surface area contributed by atoms with Gasteiger partial charge in [0.05, 0.1) is 14.9 Å². The molecule has 1 aromatic heterocycles. The molecule has 0 aliphatic carbocycles. The van der Waals surface area contributed by atoms with E-state index in [9.17, 15) is 5.11 Å². The second-order valence-corrected chi connectivity index (χ2v) is 5.00. The third kappa shape index (κ3) is 2.18. The largest absolute Gasteiger partial charge is 0.388 e. The molecule has 1 heterocycles. The van der Waals surface area contributed by atoms with Gasteiger partial charge in [0, 0.05) is 4.88 Å². The maximum Gasteiger partial charge on any atom is 0.0888 e. The normalized spacial score (nSPS) is 13.5. The minimum Gasteiger partial charge on any atom is -0.388 e. The molecule has 0 aliphatic heterocycles. The molecule has 0 spiro atoms. The Kier molecular flexibility index (Phi) is 3.37. The van der Waals surface area contributed by atoms with E-state index in [1.807, 2.05) is 6.92 Å². The summed E-state index contributed by atoms with van der Waals surface area (Å²) >= 11 is 10.6. The zero-order valence-electron chi connectivity index (χ0n) is 5.97. The molecule has 62 valence electrons. The second kappa shape index (κ2) is 3.90. The summed E-state index contributed by atoms with van der Waals surface area (Å²) in [6, 6.07) is 1.80. The fraction of sp³-hybridized carbons (Fsp3) is 0.429. The molecule has 0 fully saturated rings. The van der Waals surface area contributed by atoms with Crippen molar-refractivity contribution in [3.8, 4) is 0 Å². The number of hydrogen-bond acceptors (Lipinski definition) is 2. The lowest BCUT2D eigenvalue weighted by Gasteiger charge is -2.01. The summed E-state index contributed by atoms with van der Waals surface area (Å²) in [7, 11) is 0. The van der Waals surface area contributed by atoms with Crippen molar-refractivity contribution >= 4 is 38.9 Å². The van der Waals surface area contributed by atoms with Crippen LogP contribution in [0.4, 0.5) is 0 Å². The minimum atomic E-state index is -0.371. The molecule has 4 heteroatoms. The maximum absolute atomic E-state index is 9.40. The lowest BCUT2D eigenvalue weighted by molar-refractivity contribution is 0.177. The molecular weight excluding hydrogens is 248 g/mol. The van der Waals surface area contributed by atoms with Crippen LogP contribution in [0.3, 0.4) is 0 Å². The van der Waals surface area contributed by atoms with E-state index in [4.69, 9.17) is 11.6 Å². The van der Waals surface area contributed by atoms with Gasteiger partial charge in [-0.25, -0.2) is 0 Å². The first-order valence-corrected chi connectivity index (χ1v) is 5.26. The monoisotopic (exact) mass is 254 g/mol. The number of aliphatic hydroxyl groups excluding tert-OH is 1. The van der Waals surface area contributed by atoms with Gasteiger partial charge >= 0.3 is 0 Å². The van der Waals surface area contributed by atoms with Gasteiger partial charge in [-0.3, -0.25) is 0 Å². The Morgan fingerprint density at radius 2 is 2.45 bits per heavy atom. The summed E-state index contributed by atoms with van der Waals surface area (Å²) in [5.74, 6) is 0. The summed E-state index contributed by atoms with van der Waals surface area (Å²) in [6.45, 7) is 1.94. The van der Waals surface area contributed by atoms with E-state index >= 15 is 0 Å². The molecule has 1 N–H and O–H groups in total. The first-order valence-electron chi connectivity index (χ1n) is 3.28. The Hall–Kier alpha value is 0.430. The number of rotatable bonds is 2. The number of halogens is 2. The molecular formula is C7H8BrClOS. The van der Waals surface area contributed by atoms with Crippen LogP contribution in [0.15, 0.2) is 9.85 Å². The van der Waals surface area contributed by atoms with Gasteiger partial charge in [0.25, 0.3) is 0 Å². The molecule has 1 rings (SSSR count). The molecule has 1 atom stereocenters. The van der Waals surface area contributed by atoms with Crippen molar-refractivity contribution in [2.45, 2.75) is 19.4 Å². The van der Waals surface area contributed by atoms with Crippen molar-refractivity contribution in [1.29, 1.82) is 0 Å². The van der Waals surface area contributed by atoms with Crippen molar-refractivity contribution < 1.29 is 5.11 Å². The van der Waals surface area contributed by atoms with Crippen LogP contribution < -0.4 is 0 Å². The lowest BCUT2D eigenvalue weighted by Crippen LogP contribution is -1.89. The Bertz CT molecular complexity index is 229. The quantitative estimate of drug-likeness (QED) is 0.856. The Balaban J connectivity index is 2.88. The highest BCUT2D eigenvalue weighted by Crippen LogP contribution is 2.35. The topological polar surface area (TPSA) is 20.2 Å². The smallest absolute Gasteiger partial charge is 0.0888 e. The average Bonchev–Trinajstić information content (AvgIpc) is 2.31. The van der Waals surface area contributed by atoms with Crippen LogP contribution >= 0.6 is 38.9 Å².